The summed E-state index contributed by atoms with van der Waals surface area (Å²) in [7, 11) is 0. The lowest BCUT2D eigenvalue weighted by Gasteiger charge is -2.37. The summed E-state index contributed by atoms with van der Waals surface area (Å²) in [6, 6.07) is 2.32. The van der Waals surface area contributed by atoms with Crippen molar-refractivity contribution in [2.45, 2.75) is 44.1 Å². The van der Waals surface area contributed by atoms with Crippen LogP contribution in [0.25, 0.3) is 0 Å². The van der Waals surface area contributed by atoms with Crippen LogP contribution in [0.4, 0.5) is 5.82 Å². The number of nitrogens with zero attached hydrogens (tertiary/aromatic N) is 4. The number of nitrogens with two attached hydrogens (primary N) is 1. The number of carbonyl (C=O) groups is 2. The zero-order valence-corrected chi connectivity index (χ0v) is 13.7. The Morgan fingerprint density at radius 2 is 1.92 bits per heavy atom. The second-order valence-corrected chi connectivity index (χ2v) is 7.14. The number of primary amides is 1. The summed E-state index contributed by atoms with van der Waals surface area (Å²) in [6.45, 7) is 2.23. The number of hydrogen-bond donors (Lipinski definition) is 1. The number of hydrogen-bond acceptors (Lipinski definition) is 5. The van der Waals surface area contributed by atoms with E-state index in [-0.39, 0.29) is 30.2 Å². The quantitative estimate of drug-likeness (QED) is 0.876. The minimum Gasteiger partial charge on any atom is -0.369 e. The Labute approximate surface area is 141 Å². The summed E-state index contributed by atoms with van der Waals surface area (Å²) in [4.78, 5) is 36.4. The van der Waals surface area contributed by atoms with Crippen LogP contribution in [0.5, 0.6) is 0 Å². The molecule has 128 valence electrons. The third-order valence-corrected chi connectivity index (χ3v) is 5.46. The van der Waals surface area contributed by atoms with Gasteiger partial charge in [0.25, 0.3) is 0 Å². The van der Waals surface area contributed by atoms with Crippen molar-refractivity contribution in [3.8, 4) is 0 Å². The fourth-order valence-corrected chi connectivity index (χ4v) is 3.82. The van der Waals surface area contributed by atoms with Crippen molar-refractivity contribution >= 4 is 17.6 Å². The molecule has 0 bridgehead atoms. The summed E-state index contributed by atoms with van der Waals surface area (Å²) in [5, 5.41) is 0. The molecule has 3 fully saturated rings. The number of rotatable bonds is 4. The number of anilines is 1. The van der Waals surface area contributed by atoms with Gasteiger partial charge in [-0.3, -0.25) is 9.59 Å². The highest BCUT2D eigenvalue weighted by atomic mass is 16.2. The Kier molecular flexibility index (Phi) is 3.86. The fraction of sp³-hybridized carbons (Fsp3) is 0.647. The summed E-state index contributed by atoms with van der Waals surface area (Å²) < 4.78 is 0. The first-order valence-electron chi connectivity index (χ1n) is 8.77. The van der Waals surface area contributed by atoms with Crippen LogP contribution in [-0.4, -0.2) is 52.4 Å². The molecule has 2 amide bonds. The molecule has 1 aromatic heterocycles. The largest absolute Gasteiger partial charge is 0.369 e. The summed E-state index contributed by atoms with van der Waals surface area (Å²) in [6.07, 6.45) is 6.20. The molecule has 1 aliphatic carbocycles. The number of aromatic nitrogens is 2. The third-order valence-electron chi connectivity index (χ3n) is 5.46. The molecule has 7 heteroatoms. The van der Waals surface area contributed by atoms with Crippen LogP contribution < -0.4 is 10.6 Å². The first-order chi connectivity index (χ1) is 11.6. The highest BCUT2D eigenvalue weighted by molar-refractivity contribution is 5.88. The van der Waals surface area contributed by atoms with Gasteiger partial charge >= 0.3 is 0 Å². The number of piperidine rings is 1. The number of carbonyl (C=O) groups excluding carboxylic acids is 2. The molecule has 24 heavy (non-hydrogen) atoms. The Morgan fingerprint density at radius 1 is 1.17 bits per heavy atom. The van der Waals surface area contributed by atoms with Crippen molar-refractivity contribution in [1.82, 2.24) is 14.9 Å². The predicted octanol–water partition coefficient (Wildman–Crippen LogP) is 0.657. The molecular formula is C17H23N5O2. The molecule has 0 radical (unpaired) electrons. The Bertz CT molecular complexity index is 652. The lowest BCUT2D eigenvalue weighted by atomic mass is 10.0. The van der Waals surface area contributed by atoms with E-state index < -0.39 is 0 Å². The van der Waals surface area contributed by atoms with Gasteiger partial charge < -0.3 is 15.5 Å². The van der Waals surface area contributed by atoms with E-state index in [4.69, 9.17) is 5.73 Å². The van der Waals surface area contributed by atoms with E-state index in [0.29, 0.717) is 12.5 Å². The normalized spacial score (nSPS) is 25.3. The molecule has 1 atom stereocenters. The van der Waals surface area contributed by atoms with Gasteiger partial charge in [0.15, 0.2) is 0 Å². The van der Waals surface area contributed by atoms with E-state index in [9.17, 15) is 9.59 Å². The van der Waals surface area contributed by atoms with Crippen molar-refractivity contribution in [3.05, 3.63) is 18.1 Å². The lowest BCUT2D eigenvalue weighted by molar-refractivity contribution is -0.130. The lowest BCUT2D eigenvalue weighted by Crippen LogP contribution is -2.46. The van der Waals surface area contributed by atoms with Crippen molar-refractivity contribution in [2.24, 2.45) is 11.7 Å². The molecule has 7 nitrogen and oxygen atoms in total. The molecular weight excluding hydrogens is 306 g/mol. The van der Waals surface area contributed by atoms with E-state index in [2.05, 4.69) is 20.9 Å². The maximum atomic E-state index is 12.2. The molecule has 0 aromatic carbocycles. The minimum absolute atomic E-state index is 0.0651. The zero-order valence-electron chi connectivity index (χ0n) is 13.7. The fourth-order valence-electron chi connectivity index (χ4n) is 3.82. The van der Waals surface area contributed by atoms with Crippen LogP contribution in [0, 0.1) is 5.92 Å². The summed E-state index contributed by atoms with van der Waals surface area (Å²) in [5.74, 6) is 0.996. The van der Waals surface area contributed by atoms with Crippen molar-refractivity contribution in [3.63, 3.8) is 0 Å². The SMILES string of the molecule is NC(=O)C1CC(=O)N(C2CCN(c3cc(C4CC4)ncn3)CC2)C1. The zero-order chi connectivity index (χ0) is 16.7. The van der Waals surface area contributed by atoms with Crippen molar-refractivity contribution < 1.29 is 9.59 Å². The Balaban J connectivity index is 1.37. The monoisotopic (exact) mass is 329 g/mol. The summed E-state index contributed by atoms with van der Waals surface area (Å²) in [5.41, 5.74) is 6.51. The van der Waals surface area contributed by atoms with Crippen LogP contribution in [-0.2, 0) is 9.59 Å². The molecule has 1 saturated carbocycles. The predicted molar refractivity (Wildman–Crippen MR) is 88.3 cm³/mol. The second kappa shape index (κ2) is 6.03. The van der Waals surface area contributed by atoms with Crippen LogP contribution in [0.3, 0.4) is 0 Å². The van der Waals surface area contributed by atoms with Gasteiger partial charge in [-0.2, -0.15) is 0 Å². The smallest absolute Gasteiger partial charge is 0.223 e. The number of amides is 2. The van der Waals surface area contributed by atoms with E-state index in [1.54, 1.807) is 6.33 Å². The van der Waals surface area contributed by atoms with Crippen LogP contribution in [0.1, 0.15) is 43.7 Å². The van der Waals surface area contributed by atoms with E-state index >= 15 is 0 Å². The minimum atomic E-state index is -0.364. The highest BCUT2D eigenvalue weighted by Crippen LogP contribution is 2.39. The molecule has 1 unspecified atom stereocenters. The van der Waals surface area contributed by atoms with Crippen molar-refractivity contribution in [2.75, 3.05) is 24.5 Å². The van der Waals surface area contributed by atoms with Crippen molar-refractivity contribution in [1.29, 1.82) is 0 Å². The molecule has 1 aromatic rings. The maximum Gasteiger partial charge on any atom is 0.223 e. The van der Waals surface area contributed by atoms with Gasteiger partial charge in [-0.25, -0.2) is 9.97 Å². The van der Waals surface area contributed by atoms with Crippen LogP contribution in [0.2, 0.25) is 0 Å². The molecule has 3 aliphatic rings. The van der Waals surface area contributed by atoms with Gasteiger partial charge in [-0.05, 0) is 25.7 Å². The van der Waals surface area contributed by atoms with Crippen LogP contribution in [0.15, 0.2) is 12.4 Å². The molecule has 2 saturated heterocycles. The average molecular weight is 329 g/mol. The topological polar surface area (TPSA) is 92.4 Å². The average Bonchev–Trinajstić information content (AvgIpc) is 3.37. The maximum absolute atomic E-state index is 12.2. The van der Waals surface area contributed by atoms with E-state index in [1.165, 1.54) is 12.8 Å². The molecule has 3 heterocycles. The summed E-state index contributed by atoms with van der Waals surface area (Å²) >= 11 is 0. The van der Waals surface area contributed by atoms with E-state index in [0.717, 1.165) is 37.4 Å². The highest BCUT2D eigenvalue weighted by Gasteiger charge is 2.38. The Morgan fingerprint density at radius 3 is 2.54 bits per heavy atom. The van der Waals surface area contributed by atoms with Gasteiger partial charge in [-0.15, -0.1) is 0 Å². The van der Waals surface area contributed by atoms with Gasteiger partial charge in [0.05, 0.1) is 5.92 Å². The van der Waals surface area contributed by atoms with Gasteiger partial charge in [0, 0.05) is 49.8 Å². The molecule has 0 spiro atoms. The molecule has 4 rings (SSSR count). The number of likely N-dealkylation sites (tertiary alicyclic amines) is 1. The Hall–Kier alpha value is -2.18. The molecule has 2 N–H and O–H groups in total. The van der Waals surface area contributed by atoms with Gasteiger partial charge in [-0.1, -0.05) is 0 Å². The van der Waals surface area contributed by atoms with E-state index in [1.807, 2.05) is 4.90 Å². The first-order valence-corrected chi connectivity index (χ1v) is 8.77. The van der Waals surface area contributed by atoms with Crippen LogP contribution >= 0.6 is 0 Å². The first kappa shape index (κ1) is 15.4. The standard InChI is InChI=1S/C17H23N5O2/c18-17(24)12-7-16(23)22(9-12)13-3-5-21(6-4-13)15-8-14(11-1-2-11)19-10-20-15/h8,10-13H,1-7,9H2,(H2,18,24). The molecule has 2 aliphatic heterocycles. The van der Waals surface area contributed by atoms with Gasteiger partial charge in [0.1, 0.15) is 12.1 Å². The third kappa shape index (κ3) is 2.95. The second-order valence-electron chi connectivity index (χ2n) is 7.14. The van der Waals surface area contributed by atoms with Gasteiger partial charge in [0.2, 0.25) is 11.8 Å².